The molecular formula is C31H50O. The highest BCUT2D eigenvalue weighted by atomic mass is 16.3. The van der Waals surface area contributed by atoms with Crippen molar-refractivity contribution in [3.8, 4) is 0 Å². The Bertz CT molecular complexity index is 781. The van der Waals surface area contributed by atoms with Gasteiger partial charge in [-0.25, -0.2) is 0 Å². The lowest BCUT2D eigenvalue weighted by Crippen LogP contribution is -2.50. The quantitative estimate of drug-likeness (QED) is 0.437. The molecule has 0 spiro atoms. The van der Waals surface area contributed by atoms with Crippen molar-refractivity contribution in [1.82, 2.24) is 0 Å². The molecule has 4 aliphatic carbocycles. The molecule has 3 fully saturated rings. The first-order chi connectivity index (χ1) is 14.9. The summed E-state index contributed by atoms with van der Waals surface area (Å²) in [4.78, 5) is 0. The molecule has 0 aromatic carbocycles. The molecule has 4 aliphatic rings. The molecule has 0 aliphatic heterocycles. The SMILES string of the molecule is C=C(C)C(/C=C/[C@@H](C)[C@H]1CC[C@H]2[C@@H]3CC=C4C[C@@H](O)CC[C@]4(C)[C@H]3CC[C@]12C)C(C)(C)C. The zero-order valence-corrected chi connectivity index (χ0v) is 22.1. The van der Waals surface area contributed by atoms with E-state index >= 15 is 0 Å². The van der Waals surface area contributed by atoms with E-state index in [1.807, 2.05) is 0 Å². The molecule has 1 heteroatoms. The average molecular weight is 439 g/mol. The van der Waals surface area contributed by atoms with Crippen LogP contribution < -0.4 is 0 Å². The summed E-state index contributed by atoms with van der Waals surface area (Å²) in [5.74, 6) is 4.48. The lowest BCUT2D eigenvalue weighted by molar-refractivity contribution is -0.0540. The second-order valence-electron chi connectivity index (χ2n) is 13.8. The zero-order valence-electron chi connectivity index (χ0n) is 22.1. The maximum atomic E-state index is 10.3. The number of aliphatic hydroxyl groups excluding tert-OH is 1. The van der Waals surface area contributed by atoms with Crippen molar-refractivity contribution >= 4 is 0 Å². The number of hydrogen-bond acceptors (Lipinski definition) is 1. The molecule has 9 atom stereocenters. The second-order valence-corrected chi connectivity index (χ2v) is 13.8. The Hall–Kier alpha value is -0.820. The summed E-state index contributed by atoms with van der Waals surface area (Å²) >= 11 is 0. The smallest absolute Gasteiger partial charge is 0.0577 e. The molecule has 4 rings (SSSR count). The summed E-state index contributed by atoms with van der Waals surface area (Å²) in [6.45, 7) is 21.2. The molecule has 1 nitrogen and oxygen atoms in total. The third-order valence-electron chi connectivity index (χ3n) is 10.9. The first kappa shape index (κ1) is 24.3. The molecule has 0 heterocycles. The van der Waals surface area contributed by atoms with Crippen LogP contribution in [0.15, 0.2) is 36.0 Å². The van der Waals surface area contributed by atoms with Crippen molar-refractivity contribution in [1.29, 1.82) is 0 Å². The molecule has 180 valence electrons. The highest BCUT2D eigenvalue weighted by molar-refractivity contribution is 5.25. The average Bonchev–Trinajstić information content (AvgIpc) is 3.04. The summed E-state index contributed by atoms with van der Waals surface area (Å²) < 4.78 is 0. The van der Waals surface area contributed by atoms with Crippen LogP contribution in [0, 0.1) is 51.8 Å². The number of allylic oxidation sites excluding steroid dienone is 4. The van der Waals surface area contributed by atoms with E-state index in [2.05, 4.69) is 73.3 Å². The van der Waals surface area contributed by atoms with Crippen molar-refractivity contribution in [3.63, 3.8) is 0 Å². The van der Waals surface area contributed by atoms with E-state index in [4.69, 9.17) is 0 Å². The van der Waals surface area contributed by atoms with Gasteiger partial charge in [-0.2, -0.15) is 0 Å². The maximum absolute atomic E-state index is 10.3. The molecule has 3 saturated carbocycles. The summed E-state index contributed by atoms with van der Waals surface area (Å²) in [6.07, 6.45) is 17.5. The Kier molecular flexibility index (Phi) is 6.41. The standard InChI is InChI=1S/C31H50O/c1-20(2)25(29(4,5)6)12-9-21(3)26-13-14-27-24-11-10-22-19-23(32)15-17-30(22,7)28(24)16-18-31(26,27)8/h9-10,12,21,23-28,32H,1,11,13-19H2,2-8H3/b12-9+/t21-,23+,24+,25?,26-,27+,28+,30+,31-/m1/s1. The van der Waals surface area contributed by atoms with Gasteiger partial charge in [-0.1, -0.05) is 77.5 Å². The van der Waals surface area contributed by atoms with Crippen LogP contribution in [0.4, 0.5) is 0 Å². The highest BCUT2D eigenvalue weighted by Gasteiger charge is 2.58. The number of hydrogen-bond donors (Lipinski definition) is 1. The molecule has 1 unspecified atom stereocenters. The van der Waals surface area contributed by atoms with Crippen LogP contribution in [-0.4, -0.2) is 11.2 Å². The van der Waals surface area contributed by atoms with Crippen molar-refractivity contribution in [2.24, 2.45) is 51.8 Å². The van der Waals surface area contributed by atoms with E-state index in [1.54, 1.807) is 5.57 Å². The third-order valence-corrected chi connectivity index (χ3v) is 10.9. The zero-order chi connectivity index (χ0) is 23.5. The normalized spacial score (nSPS) is 43.8. The van der Waals surface area contributed by atoms with Gasteiger partial charge in [0.2, 0.25) is 0 Å². The molecule has 0 saturated heterocycles. The Balaban J connectivity index is 1.53. The molecule has 0 radical (unpaired) electrons. The van der Waals surface area contributed by atoms with Crippen LogP contribution in [0.25, 0.3) is 0 Å². The van der Waals surface area contributed by atoms with Crippen LogP contribution in [0.2, 0.25) is 0 Å². The van der Waals surface area contributed by atoms with Gasteiger partial charge in [0.15, 0.2) is 0 Å². The Labute approximate surface area is 198 Å². The predicted octanol–water partition coefficient (Wildman–Crippen LogP) is 8.36. The van der Waals surface area contributed by atoms with Gasteiger partial charge in [0.05, 0.1) is 6.10 Å². The topological polar surface area (TPSA) is 20.2 Å². The van der Waals surface area contributed by atoms with Gasteiger partial charge < -0.3 is 5.11 Å². The first-order valence-electron chi connectivity index (χ1n) is 13.6. The van der Waals surface area contributed by atoms with Crippen molar-refractivity contribution in [3.05, 3.63) is 36.0 Å². The molecule has 0 bridgehead atoms. The van der Waals surface area contributed by atoms with Gasteiger partial charge in [-0.15, -0.1) is 0 Å². The van der Waals surface area contributed by atoms with Crippen molar-refractivity contribution in [2.75, 3.05) is 0 Å². The maximum Gasteiger partial charge on any atom is 0.0577 e. The highest BCUT2D eigenvalue weighted by Crippen LogP contribution is 2.67. The first-order valence-corrected chi connectivity index (χ1v) is 13.6. The Morgan fingerprint density at radius 3 is 2.47 bits per heavy atom. The summed E-state index contributed by atoms with van der Waals surface area (Å²) in [7, 11) is 0. The minimum atomic E-state index is -0.0978. The van der Waals surface area contributed by atoms with Gasteiger partial charge >= 0.3 is 0 Å². The second kappa shape index (κ2) is 8.44. The van der Waals surface area contributed by atoms with E-state index in [0.717, 1.165) is 36.5 Å². The molecule has 1 N–H and O–H groups in total. The molecular weight excluding hydrogens is 388 g/mol. The third kappa shape index (κ3) is 3.99. The van der Waals surface area contributed by atoms with Gasteiger partial charge in [-0.3, -0.25) is 0 Å². The molecule has 0 aromatic heterocycles. The van der Waals surface area contributed by atoms with Crippen LogP contribution in [0.5, 0.6) is 0 Å². The van der Waals surface area contributed by atoms with Gasteiger partial charge in [0, 0.05) is 5.92 Å². The lowest BCUT2D eigenvalue weighted by atomic mass is 9.47. The Morgan fingerprint density at radius 1 is 1.09 bits per heavy atom. The van der Waals surface area contributed by atoms with Crippen LogP contribution in [0.1, 0.15) is 99.8 Å². The number of rotatable bonds is 4. The monoisotopic (exact) mass is 438 g/mol. The van der Waals surface area contributed by atoms with E-state index in [0.29, 0.717) is 22.7 Å². The van der Waals surface area contributed by atoms with E-state index in [9.17, 15) is 5.11 Å². The largest absolute Gasteiger partial charge is 0.393 e. The summed E-state index contributed by atoms with van der Waals surface area (Å²) in [6, 6.07) is 0. The lowest BCUT2D eigenvalue weighted by Gasteiger charge is -2.58. The summed E-state index contributed by atoms with van der Waals surface area (Å²) in [5.41, 5.74) is 3.96. The molecule has 32 heavy (non-hydrogen) atoms. The molecule has 0 aromatic rings. The van der Waals surface area contributed by atoms with Gasteiger partial charge in [0.1, 0.15) is 0 Å². The predicted molar refractivity (Wildman–Crippen MR) is 137 cm³/mol. The number of fused-ring (bicyclic) bond motifs is 5. The van der Waals surface area contributed by atoms with Crippen molar-refractivity contribution in [2.45, 2.75) is 106 Å². The van der Waals surface area contributed by atoms with Gasteiger partial charge in [-0.05, 0) is 104 Å². The van der Waals surface area contributed by atoms with Crippen LogP contribution in [-0.2, 0) is 0 Å². The fraction of sp³-hybridized carbons (Fsp3) is 0.806. The van der Waals surface area contributed by atoms with Gasteiger partial charge in [0.25, 0.3) is 0 Å². The van der Waals surface area contributed by atoms with E-state index < -0.39 is 0 Å². The minimum absolute atomic E-state index is 0.0978. The number of aliphatic hydroxyl groups is 1. The van der Waals surface area contributed by atoms with E-state index in [1.165, 1.54) is 44.1 Å². The summed E-state index contributed by atoms with van der Waals surface area (Å²) in [5, 5.41) is 10.3. The van der Waals surface area contributed by atoms with Crippen LogP contribution >= 0.6 is 0 Å². The minimum Gasteiger partial charge on any atom is -0.393 e. The van der Waals surface area contributed by atoms with Crippen LogP contribution in [0.3, 0.4) is 0 Å². The Morgan fingerprint density at radius 2 is 1.81 bits per heavy atom. The van der Waals surface area contributed by atoms with Crippen molar-refractivity contribution < 1.29 is 5.11 Å². The van der Waals surface area contributed by atoms with E-state index in [-0.39, 0.29) is 11.5 Å². The molecule has 0 amide bonds. The fourth-order valence-corrected chi connectivity index (χ4v) is 9.16. The fourth-order valence-electron chi connectivity index (χ4n) is 9.16.